The van der Waals surface area contributed by atoms with E-state index in [0.29, 0.717) is 6.54 Å². The topological polar surface area (TPSA) is 59.0 Å². The second-order valence-electron chi connectivity index (χ2n) is 4.70. The van der Waals surface area contributed by atoms with Crippen molar-refractivity contribution in [3.05, 3.63) is 23.8 Å². The van der Waals surface area contributed by atoms with Gasteiger partial charge in [-0.05, 0) is 31.2 Å². The molecule has 0 radical (unpaired) electrons. The van der Waals surface area contributed by atoms with Crippen molar-refractivity contribution in [3.63, 3.8) is 0 Å². The van der Waals surface area contributed by atoms with Gasteiger partial charge in [0.15, 0.2) is 11.5 Å². The minimum atomic E-state index is -0.767. The lowest BCUT2D eigenvalue weighted by molar-refractivity contribution is -0.138. The maximum absolute atomic E-state index is 10.8. The minimum absolute atomic E-state index is 0.00734. The number of carboxylic acids is 1. The van der Waals surface area contributed by atoms with Gasteiger partial charge in [-0.15, -0.1) is 0 Å². The van der Waals surface area contributed by atoms with Gasteiger partial charge >= 0.3 is 5.97 Å². The van der Waals surface area contributed by atoms with Gasteiger partial charge in [0, 0.05) is 12.6 Å². The van der Waals surface area contributed by atoms with E-state index >= 15 is 0 Å². The lowest BCUT2D eigenvalue weighted by atomic mass is 10.1. The second-order valence-corrected chi connectivity index (χ2v) is 4.70. The molecular weight excluding hydrogens is 246 g/mol. The summed E-state index contributed by atoms with van der Waals surface area (Å²) >= 11 is 0. The Kier molecular flexibility index (Phi) is 4.27. The fourth-order valence-corrected chi connectivity index (χ4v) is 2.23. The Morgan fingerprint density at radius 3 is 2.84 bits per heavy atom. The molecule has 1 heterocycles. The third-order valence-electron chi connectivity index (χ3n) is 3.32. The van der Waals surface area contributed by atoms with Crippen LogP contribution in [0.2, 0.25) is 0 Å². The van der Waals surface area contributed by atoms with Gasteiger partial charge in [-0.1, -0.05) is 13.0 Å². The Morgan fingerprint density at radius 1 is 1.42 bits per heavy atom. The quantitative estimate of drug-likeness (QED) is 0.853. The first-order valence-corrected chi connectivity index (χ1v) is 6.44. The molecule has 2 rings (SSSR count). The van der Waals surface area contributed by atoms with E-state index in [9.17, 15) is 4.79 Å². The van der Waals surface area contributed by atoms with Crippen molar-refractivity contribution in [3.8, 4) is 11.5 Å². The average molecular weight is 265 g/mol. The van der Waals surface area contributed by atoms with Gasteiger partial charge in [0.25, 0.3) is 0 Å². The van der Waals surface area contributed by atoms with Gasteiger partial charge in [-0.25, -0.2) is 0 Å². The summed E-state index contributed by atoms with van der Waals surface area (Å²) in [5.41, 5.74) is 1.10. The zero-order valence-electron chi connectivity index (χ0n) is 11.3. The highest BCUT2D eigenvalue weighted by Crippen LogP contribution is 2.32. The SMILES string of the molecule is CCN(Cc1ccc2c(c1)OCO2)C(C)CC(=O)O. The predicted octanol–water partition coefficient (Wildman–Crippen LogP) is 2.10. The molecule has 1 unspecified atom stereocenters. The van der Waals surface area contributed by atoms with Gasteiger partial charge < -0.3 is 14.6 Å². The van der Waals surface area contributed by atoms with E-state index in [1.165, 1.54) is 0 Å². The highest BCUT2D eigenvalue weighted by Gasteiger charge is 2.18. The van der Waals surface area contributed by atoms with Crippen molar-refractivity contribution < 1.29 is 19.4 Å². The molecule has 1 aliphatic heterocycles. The van der Waals surface area contributed by atoms with E-state index in [-0.39, 0.29) is 19.3 Å². The van der Waals surface area contributed by atoms with E-state index in [1.54, 1.807) is 0 Å². The van der Waals surface area contributed by atoms with Crippen molar-refractivity contribution in [2.24, 2.45) is 0 Å². The molecular formula is C14H19NO4. The summed E-state index contributed by atoms with van der Waals surface area (Å²) in [5.74, 6) is 0.765. The zero-order valence-corrected chi connectivity index (χ0v) is 11.3. The number of hydrogen-bond acceptors (Lipinski definition) is 4. The Labute approximate surface area is 112 Å². The molecule has 1 aliphatic rings. The van der Waals surface area contributed by atoms with Crippen LogP contribution >= 0.6 is 0 Å². The molecule has 0 saturated carbocycles. The van der Waals surface area contributed by atoms with Gasteiger partial charge in [0.1, 0.15) is 0 Å². The van der Waals surface area contributed by atoms with Crippen LogP contribution < -0.4 is 9.47 Å². The molecule has 1 aromatic carbocycles. The first-order valence-electron chi connectivity index (χ1n) is 6.44. The lowest BCUT2D eigenvalue weighted by Gasteiger charge is -2.26. The van der Waals surface area contributed by atoms with Crippen molar-refractivity contribution in [2.45, 2.75) is 32.9 Å². The van der Waals surface area contributed by atoms with Crippen molar-refractivity contribution in [2.75, 3.05) is 13.3 Å². The molecule has 5 nitrogen and oxygen atoms in total. The fourth-order valence-electron chi connectivity index (χ4n) is 2.23. The highest BCUT2D eigenvalue weighted by molar-refractivity contribution is 5.67. The zero-order chi connectivity index (χ0) is 13.8. The number of carbonyl (C=O) groups is 1. The molecule has 0 saturated heterocycles. The van der Waals surface area contributed by atoms with E-state index in [4.69, 9.17) is 14.6 Å². The van der Waals surface area contributed by atoms with E-state index < -0.39 is 5.97 Å². The number of benzene rings is 1. The first-order chi connectivity index (χ1) is 9.10. The number of rotatable bonds is 6. The van der Waals surface area contributed by atoms with Crippen molar-refractivity contribution in [1.82, 2.24) is 4.90 Å². The van der Waals surface area contributed by atoms with Gasteiger partial charge in [-0.3, -0.25) is 9.69 Å². The summed E-state index contributed by atoms with van der Waals surface area (Å²) in [6.07, 6.45) is 0.151. The Hall–Kier alpha value is -1.75. The van der Waals surface area contributed by atoms with Crippen LogP contribution in [0.5, 0.6) is 11.5 Å². The summed E-state index contributed by atoms with van der Waals surface area (Å²) < 4.78 is 10.6. The van der Waals surface area contributed by atoms with E-state index in [0.717, 1.165) is 23.6 Å². The molecule has 1 atom stereocenters. The summed E-state index contributed by atoms with van der Waals surface area (Å²) in [6.45, 7) is 5.76. The van der Waals surface area contributed by atoms with Crippen LogP contribution in [0.3, 0.4) is 0 Å². The standard InChI is InChI=1S/C14H19NO4/c1-3-15(10(2)6-14(16)17)8-11-4-5-12-13(7-11)19-9-18-12/h4-5,7,10H,3,6,8-9H2,1-2H3,(H,16,17). The molecule has 1 N–H and O–H groups in total. The number of carboxylic acid groups (broad SMARTS) is 1. The summed E-state index contributed by atoms with van der Waals surface area (Å²) in [7, 11) is 0. The van der Waals surface area contributed by atoms with Crippen LogP contribution in [0.4, 0.5) is 0 Å². The normalized spacial score (nSPS) is 14.7. The van der Waals surface area contributed by atoms with Crippen LogP contribution in [-0.4, -0.2) is 35.4 Å². The Bertz CT molecular complexity index is 461. The molecule has 0 aromatic heterocycles. The predicted molar refractivity (Wildman–Crippen MR) is 70.4 cm³/mol. The van der Waals surface area contributed by atoms with Crippen molar-refractivity contribution in [1.29, 1.82) is 0 Å². The van der Waals surface area contributed by atoms with E-state index in [1.807, 2.05) is 32.0 Å². The van der Waals surface area contributed by atoms with Crippen LogP contribution in [0.25, 0.3) is 0 Å². The molecule has 104 valence electrons. The van der Waals surface area contributed by atoms with Crippen LogP contribution in [0.1, 0.15) is 25.8 Å². The van der Waals surface area contributed by atoms with Gasteiger partial charge in [0.05, 0.1) is 6.42 Å². The molecule has 0 amide bonds. The highest BCUT2D eigenvalue weighted by atomic mass is 16.7. The minimum Gasteiger partial charge on any atom is -0.481 e. The maximum Gasteiger partial charge on any atom is 0.304 e. The number of hydrogen-bond donors (Lipinski definition) is 1. The molecule has 1 aromatic rings. The molecule has 5 heteroatoms. The summed E-state index contributed by atoms with van der Waals surface area (Å²) in [4.78, 5) is 12.9. The molecule has 0 spiro atoms. The molecule has 0 bridgehead atoms. The van der Waals surface area contributed by atoms with Gasteiger partial charge in [-0.2, -0.15) is 0 Å². The fraction of sp³-hybridized carbons (Fsp3) is 0.500. The van der Waals surface area contributed by atoms with Gasteiger partial charge in [0.2, 0.25) is 6.79 Å². The van der Waals surface area contributed by atoms with Crippen molar-refractivity contribution >= 4 is 5.97 Å². The number of fused-ring (bicyclic) bond motifs is 1. The van der Waals surface area contributed by atoms with Crippen LogP contribution in [0, 0.1) is 0 Å². The van der Waals surface area contributed by atoms with Crippen LogP contribution in [-0.2, 0) is 11.3 Å². The van der Waals surface area contributed by atoms with E-state index in [2.05, 4.69) is 4.90 Å². The smallest absolute Gasteiger partial charge is 0.304 e. The Morgan fingerprint density at radius 2 is 2.16 bits per heavy atom. The third kappa shape index (κ3) is 3.38. The average Bonchev–Trinajstić information content (AvgIpc) is 2.82. The van der Waals surface area contributed by atoms with Crippen LogP contribution in [0.15, 0.2) is 18.2 Å². The number of ether oxygens (including phenoxy) is 2. The number of aliphatic carboxylic acids is 1. The molecule has 19 heavy (non-hydrogen) atoms. The number of nitrogens with zero attached hydrogens (tertiary/aromatic N) is 1. The lowest BCUT2D eigenvalue weighted by Crippen LogP contribution is -2.34. The first kappa shape index (κ1) is 13.7. The Balaban J connectivity index is 2.03. The molecule has 0 aliphatic carbocycles. The maximum atomic E-state index is 10.8. The second kappa shape index (κ2) is 5.93. The third-order valence-corrected chi connectivity index (χ3v) is 3.32. The monoisotopic (exact) mass is 265 g/mol. The summed E-state index contributed by atoms with van der Waals surface area (Å²) in [5, 5.41) is 8.86. The molecule has 0 fully saturated rings. The largest absolute Gasteiger partial charge is 0.481 e. The summed E-state index contributed by atoms with van der Waals surface area (Å²) in [6, 6.07) is 5.85.